The molecule has 3 rings (SSSR count). The van der Waals surface area contributed by atoms with Crippen molar-refractivity contribution in [3.8, 4) is 17.2 Å². The average molecular weight is 592 g/mol. The summed E-state index contributed by atoms with van der Waals surface area (Å²) in [5, 5.41) is 0. The number of hydrogen-bond acceptors (Lipinski definition) is 8. The summed E-state index contributed by atoms with van der Waals surface area (Å²) in [6.07, 6.45) is 0.871. The van der Waals surface area contributed by atoms with Crippen LogP contribution in [0.3, 0.4) is 0 Å². The molecular weight excluding hydrogens is 550 g/mol. The lowest BCUT2D eigenvalue weighted by atomic mass is 10.0. The van der Waals surface area contributed by atoms with Crippen LogP contribution in [0.25, 0.3) is 6.08 Å². The molecule has 3 aromatic rings. The van der Waals surface area contributed by atoms with E-state index in [0.29, 0.717) is 29.2 Å². The van der Waals surface area contributed by atoms with Gasteiger partial charge in [0.2, 0.25) is 0 Å². The lowest BCUT2D eigenvalue weighted by molar-refractivity contribution is -0.137. The van der Waals surface area contributed by atoms with Gasteiger partial charge in [-0.25, -0.2) is 9.59 Å². The van der Waals surface area contributed by atoms with Crippen LogP contribution < -0.4 is 14.2 Å². The van der Waals surface area contributed by atoms with Crippen LogP contribution in [-0.4, -0.2) is 50.9 Å². The van der Waals surface area contributed by atoms with Crippen LogP contribution in [0.5, 0.6) is 17.2 Å². The van der Waals surface area contributed by atoms with E-state index in [0.717, 1.165) is 27.3 Å². The summed E-state index contributed by atoms with van der Waals surface area (Å²) >= 11 is 0. The molecular formula is C34H41NO8. The standard InChI is InChI=1S/C34H41NO8/c1-23-18-26(19-29(32(36)40-8)35(5)33(37)43-34(2,3)4)28(22-41-20-25-14-16-27(38-6)17-15-25)31(30(23)39-7)42-21-24-12-10-9-11-13-24/h9-19H,20-22H2,1-8H3/b29-19-. The molecule has 43 heavy (non-hydrogen) atoms. The van der Waals surface area contributed by atoms with Crippen LogP contribution in [0, 0.1) is 6.92 Å². The molecule has 0 radical (unpaired) electrons. The molecule has 0 heterocycles. The number of nitrogens with zero attached hydrogens (tertiary/aromatic N) is 1. The number of ether oxygens (including phenoxy) is 6. The van der Waals surface area contributed by atoms with E-state index in [1.165, 1.54) is 14.2 Å². The van der Waals surface area contributed by atoms with E-state index in [1.807, 2.05) is 67.6 Å². The van der Waals surface area contributed by atoms with E-state index in [2.05, 4.69) is 0 Å². The number of amides is 1. The zero-order chi connectivity index (χ0) is 31.6. The highest BCUT2D eigenvalue weighted by Gasteiger charge is 2.27. The van der Waals surface area contributed by atoms with Gasteiger partial charge >= 0.3 is 12.1 Å². The minimum Gasteiger partial charge on any atom is -0.497 e. The third-order valence-electron chi connectivity index (χ3n) is 6.38. The topological polar surface area (TPSA) is 92.8 Å². The second-order valence-corrected chi connectivity index (χ2v) is 10.8. The molecule has 1 amide bonds. The Morgan fingerprint density at radius 1 is 0.837 bits per heavy atom. The van der Waals surface area contributed by atoms with Gasteiger partial charge in [-0.2, -0.15) is 0 Å². The van der Waals surface area contributed by atoms with Crippen molar-refractivity contribution in [3.63, 3.8) is 0 Å². The molecule has 0 unspecified atom stereocenters. The Labute approximate surface area is 253 Å². The predicted octanol–water partition coefficient (Wildman–Crippen LogP) is 6.69. The van der Waals surface area contributed by atoms with Gasteiger partial charge in [-0.1, -0.05) is 42.5 Å². The molecule has 0 spiro atoms. The van der Waals surface area contributed by atoms with Crippen LogP contribution in [0.4, 0.5) is 4.79 Å². The number of benzene rings is 3. The number of rotatable bonds is 12. The number of aryl methyl sites for hydroxylation is 1. The van der Waals surface area contributed by atoms with Crippen LogP contribution in [-0.2, 0) is 38.8 Å². The Hall–Kier alpha value is -4.50. The van der Waals surface area contributed by atoms with Gasteiger partial charge in [0, 0.05) is 12.6 Å². The van der Waals surface area contributed by atoms with Gasteiger partial charge in [0.25, 0.3) is 0 Å². The molecule has 0 saturated heterocycles. The molecule has 9 heteroatoms. The predicted molar refractivity (Wildman–Crippen MR) is 164 cm³/mol. The molecule has 0 atom stereocenters. The van der Waals surface area contributed by atoms with Crippen LogP contribution in [0.15, 0.2) is 66.4 Å². The molecule has 0 aliphatic carbocycles. The zero-order valence-corrected chi connectivity index (χ0v) is 26.2. The summed E-state index contributed by atoms with van der Waals surface area (Å²) in [6, 6.07) is 19.2. The van der Waals surface area contributed by atoms with Crippen molar-refractivity contribution >= 4 is 18.1 Å². The van der Waals surface area contributed by atoms with Gasteiger partial charge in [-0.05, 0) is 74.2 Å². The Morgan fingerprint density at radius 2 is 1.49 bits per heavy atom. The smallest absolute Gasteiger partial charge is 0.414 e. The second kappa shape index (κ2) is 15.1. The van der Waals surface area contributed by atoms with Gasteiger partial charge < -0.3 is 28.4 Å². The quantitative estimate of drug-likeness (QED) is 0.170. The van der Waals surface area contributed by atoms with Gasteiger partial charge in [0.05, 0.1) is 34.5 Å². The summed E-state index contributed by atoms with van der Waals surface area (Å²) in [4.78, 5) is 27.0. The van der Waals surface area contributed by atoms with E-state index < -0.39 is 17.7 Å². The van der Waals surface area contributed by atoms with Crippen molar-refractivity contribution in [3.05, 3.63) is 94.2 Å². The molecule has 0 saturated carbocycles. The number of methoxy groups -OCH3 is 3. The Kier molecular flexibility index (Phi) is 11.6. The maximum atomic E-state index is 13.0. The maximum Gasteiger partial charge on any atom is 0.414 e. The van der Waals surface area contributed by atoms with Gasteiger partial charge in [0.15, 0.2) is 11.5 Å². The number of carbonyl (C=O) groups excluding carboxylic acids is 2. The zero-order valence-electron chi connectivity index (χ0n) is 26.2. The van der Waals surface area contributed by atoms with Crippen molar-refractivity contribution in [1.82, 2.24) is 4.90 Å². The fraction of sp³-hybridized carbons (Fsp3) is 0.353. The van der Waals surface area contributed by atoms with Crippen molar-refractivity contribution < 1.29 is 38.0 Å². The molecule has 0 aromatic heterocycles. The summed E-state index contributed by atoms with van der Waals surface area (Å²) in [5.74, 6) is 1.05. The molecule has 9 nitrogen and oxygen atoms in total. The number of esters is 1. The van der Waals surface area contributed by atoms with Gasteiger partial charge in [-0.3, -0.25) is 4.90 Å². The van der Waals surface area contributed by atoms with E-state index >= 15 is 0 Å². The highest BCUT2D eigenvalue weighted by Crippen LogP contribution is 2.39. The monoisotopic (exact) mass is 591 g/mol. The Morgan fingerprint density at radius 3 is 2.07 bits per heavy atom. The molecule has 230 valence electrons. The first-order valence-electron chi connectivity index (χ1n) is 13.8. The van der Waals surface area contributed by atoms with E-state index in [4.69, 9.17) is 28.4 Å². The van der Waals surface area contributed by atoms with E-state index in [9.17, 15) is 9.59 Å². The van der Waals surface area contributed by atoms with E-state index in [-0.39, 0.29) is 18.9 Å². The minimum atomic E-state index is -0.762. The summed E-state index contributed by atoms with van der Waals surface area (Å²) in [6.45, 7) is 7.83. The van der Waals surface area contributed by atoms with Crippen molar-refractivity contribution in [2.45, 2.75) is 53.1 Å². The molecule has 0 aliphatic heterocycles. The van der Waals surface area contributed by atoms with Crippen LogP contribution >= 0.6 is 0 Å². The van der Waals surface area contributed by atoms with Crippen molar-refractivity contribution in [2.24, 2.45) is 0 Å². The molecule has 0 fully saturated rings. The lowest BCUT2D eigenvalue weighted by Crippen LogP contribution is -2.36. The highest BCUT2D eigenvalue weighted by atomic mass is 16.6. The summed E-state index contributed by atoms with van der Waals surface area (Å²) in [7, 11) is 5.90. The van der Waals surface area contributed by atoms with Crippen molar-refractivity contribution in [2.75, 3.05) is 28.4 Å². The third-order valence-corrected chi connectivity index (χ3v) is 6.38. The second-order valence-electron chi connectivity index (χ2n) is 10.8. The van der Waals surface area contributed by atoms with Crippen LogP contribution in [0.2, 0.25) is 0 Å². The third kappa shape index (κ3) is 9.24. The first-order valence-corrected chi connectivity index (χ1v) is 13.8. The lowest BCUT2D eigenvalue weighted by Gasteiger charge is -2.26. The Bertz CT molecular complexity index is 1410. The highest BCUT2D eigenvalue weighted by molar-refractivity contribution is 5.97. The van der Waals surface area contributed by atoms with Gasteiger partial charge in [0.1, 0.15) is 23.7 Å². The fourth-order valence-corrected chi connectivity index (χ4v) is 4.21. The molecule has 0 N–H and O–H groups in total. The first-order chi connectivity index (χ1) is 20.5. The fourth-order valence-electron chi connectivity index (χ4n) is 4.21. The minimum absolute atomic E-state index is 0.0215. The molecule has 3 aromatic carbocycles. The normalized spacial score (nSPS) is 11.5. The largest absolute Gasteiger partial charge is 0.497 e. The van der Waals surface area contributed by atoms with E-state index in [1.54, 1.807) is 41.1 Å². The SMILES string of the molecule is COC(=O)/C(=C/c1cc(C)c(OC)c(OCc2ccccc2)c1COCc1ccc(OC)cc1)N(C)C(=O)OC(C)(C)C. The summed E-state index contributed by atoms with van der Waals surface area (Å²) < 4.78 is 34.1. The molecule has 0 bridgehead atoms. The van der Waals surface area contributed by atoms with Crippen molar-refractivity contribution in [1.29, 1.82) is 0 Å². The molecule has 0 aliphatic rings. The maximum absolute atomic E-state index is 13.0. The number of hydrogen-bond donors (Lipinski definition) is 0. The van der Waals surface area contributed by atoms with Gasteiger partial charge in [-0.15, -0.1) is 0 Å². The number of likely N-dealkylation sites (N-methyl/N-ethyl adjacent to an activating group) is 1. The Balaban J connectivity index is 2.09. The first kappa shape index (κ1) is 33.0. The number of carbonyl (C=O) groups is 2. The summed E-state index contributed by atoms with van der Waals surface area (Å²) in [5.41, 5.74) is 3.11. The van der Waals surface area contributed by atoms with Crippen LogP contribution in [0.1, 0.15) is 48.6 Å². The average Bonchev–Trinajstić information content (AvgIpc) is 2.98.